The number of carbonyl (C=O) groups is 1. The lowest BCUT2D eigenvalue weighted by Crippen LogP contribution is -2.46. The highest BCUT2D eigenvalue weighted by molar-refractivity contribution is 5.98. The smallest absolute Gasteiger partial charge is 0.153 e. The Balaban J connectivity index is 2.63. The van der Waals surface area contributed by atoms with E-state index in [0.717, 1.165) is 47.9 Å². The van der Waals surface area contributed by atoms with Crippen molar-refractivity contribution in [1.29, 1.82) is 0 Å². The molecule has 0 radical (unpaired) electrons. The topological polar surface area (TPSA) is 57.5 Å². The van der Waals surface area contributed by atoms with E-state index in [9.17, 15) is 15.0 Å². The van der Waals surface area contributed by atoms with Crippen LogP contribution >= 0.6 is 0 Å². The highest BCUT2D eigenvalue weighted by atomic mass is 16.3. The van der Waals surface area contributed by atoms with Gasteiger partial charge in [-0.05, 0) is 74.9 Å². The highest BCUT2D eigenvalue weighted by Crippen LogP contribution is 2.43. The number of rotatable bonds is 8. The summed E-state index contributed by atoms with van der Waals surface area (Å²) in [6, 6.07) is 11.0. The average Bonchev–Trinajstić information content (AvgIpc) is 2.65. The maximum Gasteiger partial charge on any atom is 0.153 e. The Hall–Kier alpha value is -2.29. The van der Waals surface area contributed by atoms with Crippen molar-refractivity contribution in [3.8, 4) is 11.5 Å². The van der Waals surface area contributed by atoms with Crippen molar-refractivity contribution in [3.63, 3.8) is 0 Å². The van der Waals surface area contributed by atoms with E-state index in [1.165, 1.54) is 0 Å². The number of benzene rings is 2. The molecule has 0 spiro atoms. The van der Waals surface area contributed by atoms with Gasteiger partial charge < -0.3 is 10.2 Å². The molecule has 2 unspecified atom stereocenters. The van der Waals surface area contributed by atoms with Crippen molar-refractivity contribution in [2.75, 3.05) is 0 Å². The fourth-order valence-electron chi connectivity index (χ4n) is 4.38. The van der Waals surface area contributed by atoms with E-state index < -0.39 is 10.8 Å². The number of hydrogen-bond acceptors (Lipinski definition) is 3. The van der Waals surface area contributed by atoms with Gasteiger partial charge in [-0.25, -0.2) is 0 Å². The summed E-state index contributed by atoms with van der Waals surface area (Å²) < 4.78 is 0. The predicted octanol–water partition coefficient (Wildman–Crippen LogP) is 6.10. The SMILES string of the molecule is CCCC(C)(C(=O)C(C)(CCC)c1ccc(O)c(C)c1)c1ccc(O)c(C)c1. The lowest BCUT2D eigenvalue weighted by atomic mass is 9.62. The molecule has 2 aromatic rings. The van der Waals surface area contributed by atoms with Gasteiger partial charge in [-0.15, -0.1) is 0 Å². The zero-order valence-electron chi connectivity index (χ0n) is 18.1. The Labute approximate surface area is 169 Å². The van der Waals surface area contributed by atoms with E-state index in [1.807, 2.05) is 52.0 Å². The van der Waals surface area contributed by atoms with Gasteiger partial charge in [0.05, 0.1) is 10.8 Å². The van der Waals surface area contributed by atoms with Crippen molar-refractivity contribution >= 4 is 5.78 Å². The van der Waals surface area contributed by atoms with Crippen LogP contribution in [-0.4, -0.2) is 16.0 Å². The van der Waals surface area contributed by atoms with E-state index in [4.69, 9.17) is 0 Å². The molecule has 0 fully saturated rings. The van der Waals surface area contributed by atoms with Gasteiger partial charge in [0.15, 0.2) is 5.78 Å². The molecular weight excluding hydrogens is 348 g/mol. The van der Waals surface area contributed by atoms with Crippen LogP contribution in [0.25, 0.3) is 0 Å². The summed E-state index contributed by atoms with van der Waals surface area (Å²) >= 11 is 0. The summed E-state index contributed by atoms with van der Waals surface area (Å²) in [5, 5.41) is 19.9. The fourth-order valence-corrected chi connectivity index (χ4v) is 4.38. The van der Waals surface area contributed by atoms with Gasteiger partial charge in [0.1, 0.15) is 11.5 Å². The summed E-state index contributed by atoms with van der Waals surface area (Å²) in [5.74, 6) is 0.694. The first kappa shape index (κ1) is 22.0. The predicted molar refractivity (Wildman–Crippen MR) is 115 cm³/mol. The highest BCUT2D eigenvalue weighted by Gasteiger charge is 2.46. The van der Waals surface area contributed by atoms with Gasteiger partial charge in [-0.1, -0.05) is 51.0 Å². The first-order chi connectivity index (χ1) is 13.1. The third kappa shape index (κ3) is 3.94. The van der Waals surface area contributed by atoms with Crippen molar-refractivity contribution in [3.05, 3.63) is 58.7 Å². The lowest BCUT2D eigenvalue weighted by molar-refractivity contribution is -0.130. The van der Waals surface area contributed by atoms with Crippen LogP contribution in [0.15, 0.2) is 36.4 Å². The fraction of sp³-hybridized carbons (Fsp3) is 0.480. The number of hydrogen-bond donors (Lipinski definition) is 2. The Bertz CT molecular complexity index is 785. The molecule has 28 heavy (non-hydrogen) atoms. The maximum absolute atomic E-state index is 14.1. The molecule has 0 aliphatic heterocycles. The van der Waals surface area contributed by atoms with Crippen LogP contribution in [0.3, 0.4) is 0 Å². The standard InChI is InChI=1S/C25H34O3/c1-7-13-24(5,19-9-11-21(26)17(3)15-19)23(28)25(6,14-8-2)20-10-12-22(27)18(4)16-20/h9-12,15-16,26-27H,7-8,13-14H2,1-6H3. The molecule has 2 atom stereocenters. The Morgan fingerprint density at radius 2 is 1.14 bits per heavy atom. The van der Waals surface area contributed by atoms with Gasteiger partial charge in [-0.2, -0.15) is 0 Å². The molecule has 2 aromatic carbocycles. The number of Topliss-reactive ketones (excluding diaryl/α,β-unsaturated/α-hetero) is 1. The molecule has 2 rings (SSSR count). The number of carbonyl (C=O) groups excluding carboxylic acids is 1. The Morgan fingerprint density at radius 1 is 0.786 bits per heavy atom. The molecule has 0 bridgehead atoms. The molecule has 2 N–H and O–H groups in total. The summed E-state index contributed by atoms with van der Waals surface area (Å²) in [6.45, 7) is 12.0. The van der Waals surface area contributed by atoms with Crippen LogP contribution in [-0.2, 0) is 15.6 Å². The molecule has 0 heterocycles. The lowest BCUT2D eigenvalue weighted by Gasteiger charge is -2.39. The van der Waals surface area contributed by atoms with Gasteiger partial charge in [-0.3, -0.25) is 4.79 Å². The summed E-state index contributed by atoms with van der Waals surface area (Å²) in [4.78, 5) is 14.1. The number of phenolic OH excluding ortho intramolecular Hbond substituents is 2. The molecule has 0 saturated heterocycles. The molecule has 0 aromatic heterocycles. The summed E-state index contributed by atoms with van der Waals surface area (Å²) in [7, 11) is 0. The molecule has 0 saturated carbocycles. The second-order valence-electron chi connectivity index (χ2n) is 8.50. The number of aryl methyl sites for hydroxylation is 2. The van der Waals surface area contributed by atoms with Crippen molar-refractivity contribution < 1.29 is 15.0 Å². The van der Waals surface area contributed by atoms with Crippen molar-refractivity contribution in [2.45, 2.75) is 78.1 Å². The quantitative estimate of drug-likeness (QED) is 0.580. The van der Waals surface area contributed by atoms with Crippen LogP contribution in [0.4, 0.5) is 0 Å². The number of phenols is 2. The minimum Gasteiger partial charge on any atom is -0.508 e. The van der Waals surface area contributed by atoms with Crippen LogP contribution in [0, 0.1) is 13.8 Å². The van der Waals surface area contributed by atoms with Gasteiger partial charge in [0, 0.05) is 0 Å². The second-order valence-corrected chi connectivity index (χ2v) is 8.50. The van der Waals surface area contributed by atoms with Gasteiger partial charge in [0.2, 0.25) is 0 Å². The Morgan fingerprint density at radius 3 is 1.43 bits per heavy atom. The van der Waals surface area contributed by atoms with Crippen LogP contribution < -0.4 is 0 Å². The van der Waals surface area contributed by atoms with Gasteiger partial charge in [0.25, 0.3) is 0 Å². The third-order valence-corrected chi connectivity index (χ3v) is 6.17. The second kappa shape index (κ2) is 8.38. The van der Waals surface area contributed by atoms with Crippen LogP contribution in [0.2, 0.25) is 0 Å². The molecule has 3 heteroatoms. The summed E-state index contributed by atoms with van der Waals surface area (Å²) in [6.07, 6.45) is 3.26. The zero-order valence-corrected chi connectivity index (χ0v) is 18.1. The van der Waals surface area contributed by atoms with Gasteiger partial charge >= 0.3 is 0 Å². The maximum atomic E-state index is 14.1. The van der Waals surface area contributed by atoms with E-state index in [2.05, 4.69) is 13.8 Å². The average molecular weight is 383 g/mol. The van der Waals surface area contributed by atoms with Crippen LogP contribution in [0.5, 0.6) is 11.5 Å². The first-order valence-corrected chi connectivity index (χ1v) is 10.2. The molecule has 0 aliphatic rings. The Kier molecular flexibility index (Phi) is 6.59. The zero-order chi connectivity index (χ0) is 21.1. The minimum absolute atomic E-state index is 0.193. The van der Waals surface area contributed by atoms with E-state index in [0.29, 0.717) is 0 Å². The monoisotopic (exact) mass is 382 g/mol. The van der Waals surface area contributed by atoms with Crippen LogP contribution in [0.1, 0.15) is 75.6 Å². The first-order valence-electron chi connectivity index (χ1n) is 10.2. The number of ketones is 1. The van der Waals surface area contributed by atoms with E-state index in [-0.39, 0.29) is 17.3 Å². The third-order valence-electron chi connectivity index (χ3n) is 6.17. The number of aromatic hydroxyl groups is 2. The molecule has 0 amide bonds. The molecule has 0 aliphatic carbocycles. The molecule has 3 nitrogen and oxygen atoms in total. The molecule has 152 valence electrons. The summed E-state index contributed by atoms with van der Waals surface area (Å²) in [5.41, 5.74) is 2.17. The van der Waals surface area contributed by atoms with E-state index >= 15 is 0 Å². The normalized spacial score (nSPS) is 15.6. The minimum atomic E-state index is -0.650. The van der Waals surface area contributed by atoms with Crippen molar-refractivity contribution in [1.82, 2.24) is 0 Å². The largest absolute Gasteiger partial charge is 0.508 e. The molecular formula is C25H34O3. The van der Waals surface area contributed by atoms with E-state index in [1.54, 1.807) is 12.1 Å². The van der Waals surface area contributed by atoms with Crippen molar-refractivity contribution in [2.24, 2.45) is 0 Å².